The van der Waals surface area contributed by atoms with Crippen molar-refractivity contribution >= 4 is 0 Å². The lowest BCUT2D eigenvalue weighted by molar-refractivity contribution is 0.636. The lowest BCUT2D eigenvalue weighted by Crippen LogP contribution is -2.02. The Labute approximate surface area is 81.2 Å². The average molecular weight is 187 g/mol. The minimum absolute atomic E-state index is 0.587. The maximum atomic E-state index is 8.78. The molecule has 0 aromatic carbocycles. The predicted octanol–water partition coefficient (Wildman–Crippen LogP) is 0.537. The molecule has 0 aliphatic heterocycles. The number of nitriles is 1. The van der Waals surface area contributed by atoms with Gasteiger partial charge in [-0.25, -0.2) is 0 Å². The quantitative estimate of drug-likeness (QED) is 0.689. The van der Waals surface area contributed by atoms with Crippen LogP contribution in [0.2, 0.25) is 0 Å². The Bertz CT molecular complexity index is 473. The highest BCUT2D eigenvalue weighted by atomic mass is 15.4. The van der Waals surface area contributed by atoms with Crippen molar-refractivity contribution in [2.24, 2.45) is 7.05 Å². The highest BCUT2D eigenvalue weighted by Gasteiger charge is 2.02. The minimum Gasteiger partial charge on any atom is -0.333 e. The van der Waals surface area contributed by atoms with Crippen molar-refractivity contribution < 1.29 is 0 Å². The Kier molecular flexibility index (Phi) is 2.03. The molecule has 0 amide bonds. The van der Waals surface area contributed by atoms with Crippen LogP contribution in [0, 0.1) is 11.3 Å². The van der Waals surface area contributed by atoms with Crippen molar-refractivity contribution in [3.05, 3.63) is 35.9 Å². The van der Waals surface area contributed by atoms with Gasteiger partial charge in [-0.1, -0.05) is 0 Å². The first kappa shape index (κ1) is 8.51. The van der Waals surface area contributed by atoms with Crippen LogP contribution in [0.5, 0.6) is 0 Å². The van der Waals surface area contributed by atoms with Gasteiger partial charge in [0.25, 0.3) is 0 Å². The minimum atomic E-state index is 0.587. The van der Waals surface area contributed by atoms with Gasteiger partial charge in [-0.2, -0.15) is 20.3 Å². The molecular formula is C9H9N5. The molecule has 0 unspecified atom stereocenters. The summed E-state index contributed by atoms with van der Waals surface area (Å²) in [5.74, 6) is 0. The van der Waals surface area contributed by atoms with Crippen molar-refractivity contribution in [3.8, 4) is 6.07 Å². The van der Waals surface area contributed by atoms with E-state index in [-0.39, 0.29) is 0 Å². The summed E-state index contributed by atoms with van der Waals surface area (Å²) >= 11 is 0. The van der Waals surface area contributed by atoms with E-state index in [0.29, 0.717) is 12.2 Å². The first-order chi connectivity index (χ1) is 6.79. The monoisotopic (exact) mass is 187 g/mol. The fourth-order valence-electron chi connectivity index (χ4n) is 1.29. The summed E-state index contributed by atoms with van der Waals surface area (Å²) in [6.07, 6.45) is 3.55. The molecule has 0 radical (unpaired) electrons. The molecule has 2 aromatic rings. The second-order valence-electron chi connectivity index (χ2n) is 2.96. The van der Waals surface area contributed by atoms with Crippen LogP contribution in [-0.4, -0.2) is 19.6 Å². The van der Waals surface area contributed by atoms with Gasteiger partial charge in [0, 0.05) is 13.2 Å². The molecule has 0 N–H and O–H groups in total. The molecule has 0 saturated carbocycles. The zero-order valence-electron chi connectivity index (χ0n) is 7.75. The van der Waals surface area contributed by atoms with Gasteiger partial charge in [-0.05, 0) is 12.1 Å². The Balaban J connectivity index is 2.23. The zero-order chi connectivity index (χ0) is 9.97. The van der Waals surface area contributed by atoms with Crippen LogP contribution in [0.3, 0.4) is 0 Å². The van der Waals surface area contributed by atoms with Crippen LogP contribution in [-0.2, 0) is 13.6 Å². The first-order valence-electron chi connectivity index (χ1n) is 4.20. The maximum Gasteiger partial charge on any atom is 0.120 e. The Hall–Kier alpha value is -2.09. The molecule has 0 bridgehead atoms. The largest absolute Gasteiger partial charge is 0.333 e. The summed E-state index contributed by atoms with van der Waals surface area (Å²) < 4.78 is 1.84. The topological polar surface area (TPSA) is 59.4 Å². The van der Waals surface area contributed by atoms with Crippen molar-refractivity contribution in [3.63, 3.8) is 0 Å². The average Bonchev–Trinajstić information content (AvgIpc) is 2.76. The normalized spacial score (nSPS) is 10.0. The molecule has 5 heteroatoms. The fraction of sp³-hybridized carbons (Fsp3) is 0.222. The Morgan fingerprint density at radius 3 is 3.07 bits per heavy atom. The molecule has 0 spiro atoms. The van der Waals surface area contributed by atoms with Gasteiger partial charge in [0.15, 0.2) is 0 Å². The second-order valence-corrected chi connectivity index (χ2v) is 2.96. The number of aryl methyl sites for hydroxylation is 1. The number of rotatable bonds is 2. The third kappa shape index (κ3) is 1.50. The van der Waals surface area contributed by atoms with Gasteiger partial charge >= 0.3 is 0 Å². The van der Waals surface area contributed by atoms with Crippen LogP contribution < -0.4 is 0 Å². The van der Waals surface area contributed by atoms with Crippen LogP contribution >= 0.6 is 0 Å². The number of hydrogen-bond acceptors (Lipinski definition) is 3. The van der Waals surface area contributed by atoms with E-state index in [1.807, 2.05) is 16.8 Å². The van der Waals surface area contributed by atoms with E-state index in [1.54, 1.807) is 19.3 Å². The summed E-state index contributed by atoms with van der Waals surface area (Å²) in [5, 5.41) is 16.9. The highest BCUT2D eigenvalue weighted by Crippen LogP contribution is 2.03. The van der Waals surface area contributed by atoms with Gasteiger partial charge in [-0.3, -0.25) is 0 Å². The van der Waals surface area contributed by atoms with Crippen LogP contribution in [0.4, 0.5) is 0 Å². The summed E-state index contributed by atoms with van der Waals surface area (Å²) in [5.41, 5.74) is 1.48. The van der Waals surface area contributed by atoms with E-state index in [4.69, 9.17) is 5.26 Å². The molecular weight excluding hydrogens is 178 g/mol. The van der Waals surface area contributed by atoms with Crippen molar-refractivity contribution in [1.29, 1.82) is 5.26 Å². The second kappa shape index (κ2) is 3.34. The van der Waals surface area contributed by atoms with Gasteiger partial charge in [-0.15, -0.1) is 0 Å². The number of hydrogen-bond donors (Lipinski definition) is 0. The molecule has 0 fully saturated rings. The molecule has 2 aromatic heterocycles. The standard InChI is InChI=1S/C9H9N5/c1-13-11-6-8(12-13)7-14-4-2-3-9(14)5-10/h2-4,6H,7H2,1H3. The van der Waals surface area contributed by atoms with E-state index < -0.39 is 0 Å². The van der Waals surface area contributed by atoms with E-state index in [0.717, 1.165) is 5.69 Å². The van der Waals surface area contributed by atoms with E-state index in [2.05, 4.69) is 16.3 Å². The molecule has 0 aliphatic rings. The highest BCUT2D eigenvalue weighted by molar-refractivity contribution is 5.22. The lowest BCUT2D eigenvalue weighted by Gasteiger charge is -1.99. The van der Waals surface area contributed by atoms with Gasteiger partial charge in [0.2, 0.25) is 0 Å². The lowest BCUT2D eigenvalue weighted by atomic mass is 10.4. The molecule has 0 saturated heterocycles. The van der Waals surface area contributed by atoms with Crippen molar-refractivity contribution in [2.45, 2.75) is 6.54 Å². The molecule has 5 nitrogen and oxygen atoms in total. The maximum absolute atomic E-state index is 8.78. The molecule has 70 valence electrons. The fourth-order valence-corrected chi connectivity index (χ4v) is 1.29. The van der Waals surface area contributed by atoms with Gasteiger partial charge in [0.1, 0.15) is 17.5 Å². The van der Waals surface area contributed by atoms with Crippen LogP contribution in [0.15, 0.2) is 24.5 Å². The molecule has 2 rings (SSSR count). The van der Waals surface area contributed by atoms with Crippen molar-refractivity contribution in [2.75, 3.05) is 0 Å². The summed E-state index contributed by atoms with van der Waals surface area (Å²) in [6, 6.07) is 5.73. The summed E-state index contributed by atoms with van der Waals surface area (Å²) in [7, 11) is 1.77. The Morgan fingerprint density at radius 2 is 2.43 bits per heavy atom. The summed E-state index contributed by atoms with van der Waals surface area (Å²) in [4.78, 5) is 1.50. The number of aromatic nitrogens is 4. The SMILES string of the molecule is Cn1ncc(Cn2cccc2C#N)n1. The third-order valence-corrected chi connectivity index (χ3v) is 1.92. The van der Waals surface area contributed by atoms with Gasteiger partial charge < -0.3 is 4.57 Å². The first-order valence-corrected chi connectivity index (χ1v) is 4.20. The third-order valence-electron chi connectivity index (χ3n) is 1.92. The molecule has 2 heterocycles. The van der Waals surface area contributed by atoms with Crippen molar-refractivity contribution in [1.82, 2.24) is 19.6 Å². The Morgan fingerprint density at radius 1 is 1.57 bits per heavy atom. The zero-order valence-corrected chi connectivity index (χ0v) is 7.75. The molecule has 0 atom stereocenters. The summed E-state index contributed by atoms with van der Waals surface area (Å²) in [6.45, 7) is 0.587. The smallest absolute Gasteiger partial charge is 0.120 e. The van der Waals surface area contributed by atoms with Gasteiger partial charge in [0.05, 0.1) is 12.7 Å². The van der Waals surface area contributed by atoms with E-state index in [9.17, 15) is 0 Å². The van der Waals surface area contributed by atoms with E-state index in [1.165, 1.54) is 4.80 Å². The molecule has 0 aliphatic carbocycles. The van der Waals surface area contributed by atoms with E-state index >= 15 is 0 Å². The van der Waals surface area contributed by atoms with Crippen LogP contribution in [0.1, 0.15) is 11.4 Å². The van der Waals surface area contributed by atoms with Crippen LogP contribution in [0.25, 0.3) is 0 Å². The molecule has 14 heavy (non-hydrogen) atoms. The number of nitrogens with zero attached hydrogens (tertiary/aromatic N) is 5. The predicted molar refractivity (Wildman–Crippen MR) is 49.3 cm³/mol.